The van der Waals surface area contributed by atoms with Crippen molar-refractivity contribution < 1.29 is 9.59 Å². The predicted octanol–water partition coefficient (Wildman–Crippen LogP) is 3.66. The molecule has 5 rings (SSSR count). The average Bonchev–Trinajstić information content (AvgIpc) is 3.32. The Labute approximate surface area is 226 Å². The summed E-state index contributed by atoms with van der Waals surface area (Å²) < 4.78 is 0. The highest BCUT2D eigenvalue weighted by atomic mass is 16.2. The molecule has 2 aromatic carbocycles. The van der Waals surface area contributed by atoms with Crippen LogP contribution in [-0.4, -0.2) is 39.6 Å². The molecule has 1 aliphatic rings. The van der Waals surface area contributed by atoms with Crippen LogP contribution in [0.2, 0.25) is 0 Å². The Morgan fingerprint density at radius 1 is 1.08 bits per heavy atom. The first-order valence-corrected chi connectivity index (χ1v) is 13.4. The van der Waals surface area contributed by atoms with Crippen LogP contribution in [-0.2, 0) is 16.0 Å². The van der Waals surface area contributed by atoms with Crippen molar-refractivity contribution >= 4 is 28.4 Å². The number of H-pyrrole nitrogens is 2. The van der Waals surface area contributed by atoms with E-state index >= 15 is 0 Å². The van der Waals surface area contributed by atoms with Gasteiger partial charge in [-0.2, -0.15) is 0 Å². The Balaban J connectivity index is 1.37. The lowest BCUT2D eigenvalue weighted by Gasteiger charge is -2.28. The quantitative estimate of drug-likeness (QED) is 0.238. The Kier molecular flexibility index (Phi) is 7.88. The van der Waals surface area contributed by atoms with Gasteiger partial charge in [-0.25, -0.2) is 0 Å². The smallest absolute Gasteiger partial charge is 0.271 e. The predicted molar refractivity (Wildman–Crippen MR) is 152 cm³/mol. The van der Waals surface area contributed by atoms with Crippen molar-refractivity contribution in [3.8, 4) is 11.1 Å². The molecular formula is C30H34N6O3. The van der Waals surface area contributed by atoms with Crippen LogP contribution in [0.4, 0.5) is 5.69 Å². The van der Waals surface area contributed by atoms with E-state index in [4.69, 9.17) is 5.73 Å². The summed E-state index contributed by atoms with van der Waals surface area (Å²) in [6.45, 7) is 2.66. The zero-order chi connectivity index (χ0) is 27.4. The molecule has 0 radical (unpaired) electrons. The molecule has 0 bridgehead atoms. The van der Waals surface area contributed by atoms with Gasteiger partial charge in [0.25, 0.3) is 5.56 Å². The first kappa shape index (κ1) is 26.4. The van der Waals surface area contributed by atoms with Crippen molar-refractivity contribution in [2.75, 3.05) is 11.9 Å². The maximum absolute atomic E-state index is 13.6. The second-order valence-corrected chi connectivity index (χ2v) is 10.4. The van der Waals surface area contributed by atoms with Gasteiger partial charge in [-0.3, -0.25) is 29.6 Å². The number of pyridine rings is 1. The standard InChI is InChI=1S/C30H34N6O3/c1-18-17-32-12-11-24(18)22-4-2-3-20(13-22)14-27(34-28(37)21-7-5-19(16-31)6-8-21)30(39)33-23-9-10-25-26(15-23)35-36-29(25)38/h2-4,9-13,15,17,19,21,27H,5-8,14,16,31H2,1H3,(H,33,39)(H,34,37)(H2,35,36,38). The van der Waals surface area contributed by atoms with E-state index in [0.717, 1.165) is 47.9 Å². The number of hydrogen-bond acceptors (Lipinski definition) is 5. The number of carbonyl (C=O) groups excluding carboxylic acids is 2. The summed E-state index contributed by atoms with van der Waals surface area (Å²) in [5.41, 5.74) is 10.8. The van der Waals surface area contributed by atoms with E-state index in [9.17, 15) is 14.4 Å². The van der Waals surface area contributed by atoms with Crippen LogP contribution >= 0.6 is 0 Å². The Morgan fingerprint density at radius 2 is 1.90 bits per heavy atom. The van der Waals surface area contributed by atoms with Gasteiger partial charge in [-0.15, -0.1) is 0 Å². The molecule has 6 N–H and O–H groups in total. The van der Waals surface area contributed by atoms with Crippen molar-refractivity contribution in [1.29, 1.82) is 0 Å². The van der Waals surface area contributed by atoms with E-state index < -0.39 is 6.04 Å². The molecule has 1 fully saturated rings. The third kappa shape index (κ3) is 6.09. The second-order valence-electron chi connectivity index (χ2n) is 10.4. The van der Waals surface area contributed by atoms with Crippen LogP contribution in [0.3, 0.4) is 0 Å². The maximum Gasteiger partial charge on any atom is 0.271 e. The first-order valence-electron chi connectivity index (χ1n) is 13.4. The van der Waals surface area contributed by atoms with Crippen LogP contribution in [0.5, 0.6) is 0 Å². The summed E-state index contributed by atoms with van der Waals surface area (Å²) in [4.78, 5) is 42.9. The SMILES string of the molecule is Cc1cnccc1-c1cccc(CC(NC(=O)C2CCC(CN)CC2)C(=O)Nc2ccc3c(=O)[nH][nH]c3c2)c1. The normalized spacial score (nSPS) is 18.0. The second kappa shape index (κ2) is 11.7. The average molecular weight is 527 g/mol. The van der Waals surface area contributed by atoms with Gasteiger partial charge >= 0.3 is 0 Å². The zero-order valence-electron chi connectivity index (χ0n) is 22.0. The monoisotopic (exact) mass is 526 g/mol. The van der Waals surface area contributed by atoms with Crippen LogP contribution in [0.1, 0.15) is 36.8 Å². The molecule has 39 heavy (non-hydrogen) atoms. The van der Waals surface area contributed by atoms with Crippen molar-refractivity contribution in [1.82, 2.24) is 20.5 Å². The highest BCUT2D eigenvalue weighted by Gasteiger charge is 2.29. The van der Waals surface area contributed by atoms with E-state index in [1.807, 2.05) is 37.4 Å². The molecule has 1 aliphatic carbocycles. The van der Waals surface area contributed by atoms with Gasteiger partial charge in [0.2, 0.25) is 11.8 Å². The molecular weight excluding hydrogens is 492 g/mol. The molecule has 1 atom stereocenters. The number of nitrogens with two attached hydrogens (primary N) is 1. The molecule has 0 saturated heterocycles. The molecule has 4 aromatic rings. The van der Waals surface area contributed by atoms with Crippen molar-refractivity contribution in [2.24, 2.45) is 17.6 Å². The number of aryl methyl sites for hydroxylation is 1. The van der Waals surface area contributed by atoms with Crippen molar-refractivity contribution in [2.45, 2.75) is 45.1 Å². The molecule has 202 valence electrons. The number of fused-ring (bicyclic) bond motifs is 1. The lowest BCUT2D eigenvalue weighted by molar-refractivity contribution is -0.130. The van der Waals surface area contributed by atoms with Crippen LogP contribution in [0, 0.1) is 18.8 Å². The zero-order valence-corrected chi connectivity index (χ0v) is 22.0. The summed E-state index contributed by atoms with van der Waals surface area (Å²) in [6, 6.07) is 14.2. The summed E-state index contributed by atoms with van der Waals surface area (Å²) in [5, 5.41) is 11.8. The summed E-state index contributed by atoms with van der Waals surface area (Å²) >= 11 is 0. The van der Waals surface area contributed by atoms with Gasteiger partial charge in [0.05, 0.1) is 10.9 Å². The highest BCUT2D eigenvalue weighted by molar-refractivity contribution is 5.99. The van der Waals surface area contributed by atoms with E-state index in [2.05, 4.69) is 31.9 Å². The molecule has 2 aromatic heterocycles. The third-order valence-electron chi connectivity index (χ3n) is 7.72. The first-order chi connectivity index (χ1) is 18.9. The van der Waals surface area contributed by atoms with Crippen LogP contribution < -0.4 is 21.9 Å². The number of carbonyl (C=O) groups is 2. The van der Waals surface area contributed by atoms with Crippen molar-refractivity contribution in [3.05, 3.63) is 82.4 Å². The van der Waals surface area contributed by atoms with Crippen LogP contribution in [0.15, 0.2) is 65.7 Å². The molecule has 2 heterocycles. The number of amides is 2. The number of benzene rings is 2. The number of aromatic nitrogens is 3. The van der Waals surface area contributed by atoms with E-state index in [-0.39, 0.29) is 23.3 Å². The third-order valence-corrected chi connectivity index (χ3v) is 7.72. The van der Waals surface area contributed by atoms with Crippen LogP contribution in [0.25, 0.3) is 22.0 Å². The molecule has 1 unspecified atom stereocenters. The Hall–Kier alpha value is -4.24. The van der Waals surface area contributed by atoms with E-state index in [1.54, 1.807) is 24.4 Å². The van der Waals surface area contributed by atoms with Gasteiger partial charge in [0.15, 0.2) is 0 Å². The Bertz CT molecular complexity index is 1530. The molecule has 2 amide bonds. The fourth-order valence-corrected chi connectivity index (χ4v) is 5.40. The fraction of sp³-hybridized carbons (Fsp3) is 0.333. The molecule has 0 spiro atoms. The van der Waals surface area contributed by atoms with E-state index in [0.29, 0.717) is 35.5 Å². The number of anilines is 1. The van der Waals surface area contributed by atoms with Crippen molar-refractivity contribution in [3.63, 3.8) is 0 Å². The minimum atomic E-state index is -0.778. The largest absolute Gasteiger partial charge is 0.344 e. The molecule has 9 nitrogen and oxygen atoms in total. The number of nitrogens with zero attached hydrogens (tertiary/aromatic N) is 1. The van der Waals surface area contributed by atoms with Gasteiger partial charge in [-0.1, -0.05) is 24.3 Å². The fourth-order valence-electron chi connectivity index (χ4n) is 5.40. The molecule has 1 saturated carbocycles. The summed E-state index contributed by atoms with van der Waals surface area (Å²) in [7, 11) is 0. The molecule has 9 heteroatoms. The summed E-state index contributed by atoms with van der Waals surface area (Å²) in [6.07, 6.45) is 7.32. The minimum Gasteiger partial charge on any atom is -0.344 e. The van der Waals surface area contributed by atoms with Gasteiger partial charge < -0.3 is 16.4 Å². The number of hydrogen-bond donors (Lipinski definition) is 5. The minimum absolute atomic E-state index is 0.0998. The number of rotatable bonds is 8. The number of aromatic amines is 2. The van der Waals surface area contributed by atoms with Gasteiger partial charge in [0.1, 0.15) is 6.04 Å². The Morgan fingerprint density at radius 3 is 2.67 bits per heavy atom. The topological polar surface area (TPSA) is 146 Å². The highest BCUT2D eigenvalue weighted by Crippen LogP contribution is 2.29. The van der Waals surface area contributed by atoms with Gasteiger partial charge in [-0.05, 0) is 91.6 Å². The van der Waals surface area contributed by atoms with Gasteiger partial charge in [0, 0.05) is 30.4 Å². The number of nitrogens with one attached hydrogen (secondary N) is 4. The molecule has 0 aliphatic heterocycles. The maximum atomic E-state index is 13.6. The summed E-state index contributed by atoms with van der Waals surface area (Å²) in [5.74, 6) is -0.0867. The lowest BCUT2D eigenvalue weighted by Crippen LogP contribution is -2.48. The van der Waals surface area contributed by atoms with E-state index in [1.165, 1.54) is 0 Å². The lowest BCUT2D eigenvalue weighted by atomic mass is 9.81.